The highest BCUT2D eigenvalue weighted by Crippen LogP contribution is 2.28. The number of ether oxygens (including phenoxy) is 1. The second-order valence-corrected chi connectivity index (χ2v) is 4.48. The minimum absolute atomic E-state index is 0.00548. The number of nitrogens with zero attached hydrogens (tertiary/aromatic N) is 2. The van der Waals surface area contributed by atoms with Crippen LogP contribution >= 0.6 is 11.8 Å². The van der Waals surface area contributed by atoms with Crippen LogP contribution < -0.4 is 4.74 Å². The van der Waals surface area contributed by atoms with Gasteiger partial charge in [0.2, 0.25) is 0 Å². The molecular formula is C12H10N2O3S. The van der Waals surface area contributed by atoms with E-state index in [9.17, 15) is 10.1 Å². The number of methoxy groups -OCH3 is 1. The minimum Gasteiger partial charge on any atom is -0.497 e. The summed E-state index contributed by atoms with van der Waals surface area (Å²) in [5, 5.41) is 11.2. The van der Waals surface area contributed by atoms with Crippen LogP contribution in [0.25, 0.3) is 0 Å². The zero-order valence-electron chi connectivity index (χ0n) is 9.57. The lowest BCUT2D eigenvalue weighted by atomic mass is 10.3. The van der Waals surface area contributed by atoms with Gasteiger partial charge in [-0.2, -0.15) is 0 Å². The summed E-state index contributed by atoms with van der Waals surface area (Å²) in [6.07, 6.45) is 1.26. The third kappa shape index (κ3) is 2.98. The molecule has 0 saturated heterocycles. The van der Waals surface area contributed by atoms with Crippen LogP contribution in [0, 0.1) is 10.1 Å². The van der Waals surface area contributed by atoms with E-state index in [2.05, 4.69) is 4.98 Å². The number of benzene rings is 1. The number of hydrogen-bond acceptors (Lipinski definition) is 5. The standard InChI is InChI=1S/C12H10N2O3S/c1-17-10-3-5-11(6-4-10)18-12-7-2-9(8-13-12)14(15)16/h2-8H,1H3. The van der Waals surface area contributed by atoms with E-state index in [-0.39, 0.29) is 5.69 Å². The molecule has 0 atom stereocenters. The van der Waals surface area contributed by atoms with Crippen molar-refractivity contribution in [3.63, 3.8) is 0 Å². The van der Waals surface area contributed by atoms with Crippen molar-refractivity contribution in [1.29, 1.82) is 0 Å². The fraction of sp³-hybridized carbons (Fsp3) is 0.0833. The Labute approximate surface area is 108 Å². The first-order chi connectivity index (χ1) is 8.69. The first-order valence-electron chi connectivity index (χ1n) is 5.11. The van der Waals surface area contributed by atoms with Crippen LogP contribution in [0.2, 0.25) is 0 Å². The maximum Gasteiger partial charge on any atom is 0.287 e. The van der Waals surface area contributed by atoms with Gasteiger partial charge in [0.25, 0.3) is 5.69 Å². The molecule has 0 unspecified atom stereocenters. The van der Waals surface area contributed by atoms with E-state index in [1.165, 1.54) is 24.0 Å². The lowest BCUT2D eigenvalue weighted by Crippen LogP contribution is -1.89. The van der Waals surface area contributed by atoms with Crippen LogP contribution in [0.3, 0.4) is 0 Å². The highest BCUT2D eigenvalue weighted by atomic mass is 32.2. The van der Waals surface area contributed by atoms with Crippen molar-refractivity contribution in [2.45, 2.75) is 9.92 Å². The van der Waals surface area contributed by atoms with Crippen LogP contribution in [0.4, 0.5) is 5.69 Å². The van der Waals surface area contributed by atoms with Crippen LogP contribution in [-0.4, -0.2) is 17.0 Å². The van der Waals surface area contributed by atoms with Crippen molar-refractivity contribution in [3.05, 3.63) is 52.7 Å². The minimum atomic E-state index is -0.463. The second kappa shape index (κ2) is 5.50. The summed E-state index contributed by atoms with van der Waals surface area (Å²) < 4.78 is 5.06. The number of aromatic nitrogens is 1. The van der Waals surface area contributed by atoms with Gasteiger partial charge in [-0.3, -0.25) is 10.1 Å². The molecule has 0 aliphatic rings. The monoisotopic (exact) mass is 262 g/mol. The molecule has 0 amide bonds. The largest absolute Gasteiger partial charge is 0.497 e. The maximum absolute atomic E-state index is 10.5. The summed E-state index contributed by atoms with van der Waals surface area (Å²) in [6, 6.07) is 10.6. The zero-order chi connectivity index (χ0) is 13.0. The van der Waals surface area contributed by atoms with Gasteiger partial charge >= 0.3 is 0 Å². The molecule has 0 N–H and O–H groups in total. The van der Waals surface area contributed by atoms with Crippen LogP contribution in [-0.2, 0) is 0 Å². The van der Waals surface area contributed by atoms with Gasteiger partial charge in [-0.25, -0.2) is 4.98 Å². The van der Waals surface area contributed by atoms with Crippen LogP contribution in [0.15, 0.2) is 52.5 Å². The molecule has 0 aliphatic carbocycles. The summed E-state index contributed by atoms with van der Waals surface area (Å²) >= 11 is 1.44. The lowest BCUT2D eigenvalue weighted by Gasteiger charge is -2.02. The zero-order valence-corrected chi connectivity index (χ0v) is 10.4. The molecular weight excluding hydrogens is 252 g/mol. The molecule has 1 aromatic heterocycles. The smallest absolute Gasteiger partial charge is 0.287 e. The van der Waals surface area contributed by atoms with Crippen molar-refractivity contribution in [1.82, 2.24) is 4.98 Å². The molecule has 92 valence electrons. The molecule has 2 aromatic rings. The highest BCUT2D eigenvalue weighted by molar-refractivity contribution is 7.99. The Morgan fingerprint density at radius 1 is 1.22 bits per heavy atom. The van der Waals surface area contributed by atoms with Crippen LogP contribution in [0.1, 0.15) is 0 Å². The SMILES string of the molecule is COc1ccc(Sc2ccc([N+](=O)[O-])cn2)cc1. The molecule has 0 fully saturated rings. The Morgan fingerprint density at radius 3 is 2.44 bits per heavy atom. The molecule has 0 bridgehead atoms. The van der Waals surface area contributed by atoms with Gasteiger partial charge in [-0.1, -0.05) is 11.8 Å². The second-order valence-electron chi connectivity index (χ2n) is 3.39. The summed E-state index contributed by atoms with van der Waals surface area (Å²) in [6.45, 7) is 0. The third-order valence-corrected chi connectivity index (χ3v) is 3.17. The number of pyridine rings is 1. The number of rotatable bonds is 4. The quantitative estimate of drug-likeness (QED) is 0.625. The van der Waals surface area contributed by atoms with Gasteiger partial charge in [0.05, 0.1) is 12.0 Å². The average molecular weight is 262 g/mol. The summed E-state index contributed by atoms with van der Waals surface area (Å²) in [5.74, 6) is 0.788. The van der Waals surface area contributed by atoms with Gasteiger partial charge in [0, 0.05) is 11.0 Å². The van der Waals surface area contributed by atoms with Gasteiger partial charge in [0.15, 0.2) is 0 Å². The van der Waals surface area contributed by atoms with E-state index in [0.717, 1.165) is 10.6 Å². The molecule has 0 aliphatic heterocycles. The van der Waals surface area contributed by atoms with Crippen molar-refractivity contribution >= 4 is 17.4 Å². The topological polar surface area (TPSA) is 65.3 Å². The molecule has 1 heterocycles. The van der Waals surface area contributed by atoms with E-state index >= 15 is 0 Å². The Balaban J connectivity index is 2.10. The van der Waals surface area contributed by atoms with Crippen molar-refractivity contribution in [3.8, 4) is 5.75 Å². The molecule has 2 rings (SSSR count). The van der Waals surface area contributed by atoms with E-state index in [0.29, 0.717) is 5.03 Å². The number of nitro groups is 1. The molecule has 18 heavy (non-hydrogen) atoms. The lowest BCUT2D eigenvalue weighted by molar-refractivity contribution is -0.385. The predicted octanol–water partition coefficient (Wildman–Crippen LogP) is 3.15. The molecule has 1 aromatic carbocycles. The first kappa shape index (κ1) is 12.4. The first-order valence-corrected chi connectivity index (χ1v) is 5.93. The van der Waals surface area contributed by atoms with Crippen molar-refractivity contribution in [2.75, 3.05) is 7.11 Å². The third-order valence-electron chi connectivity index (χ3n) is 2.21. The average Bonchev–Trinajstić information content (AvgIpc) is 2.40. The van der Waals surface area contributed by atoms with E-state index in [1.54, 1.807) is 13.2 Å². The Kier molecular flexibility index (Phi) is 3.78. The molecule has 0 spiro atoms. The van der Waals surface area contributed by atoms with Gasteiger partial charge in [-0.05, 0) is 30.3 Å². The maximum atomic E-state index is 10.5. The van der Waals surface area contributed by atoms with Crippen molar-refractivity contribution in [2.24, 2.45) is 0 Å². The highest BCUT2D eigenvalue weighted by Gasteiger charge is 2.06. The summed E-state index contributed by atoms with van der Waals surface area (Å²) in [5.41, 5.74) is -0.00548. The normalized spacial score (nSPS) is 10.1. The van der Waals surface area contributed by atoms with E-state index in [1.807, 2.05) is 24.3 Å². The molecule has 0 radical (unpaired) electrons. The fourth-order valence-electron chi connectivity index (χ4n) is 1.31. The van der Waals surface area contributed by atoms with Gasteiger partial charge < -0.3 is 4.74 Å². The molecule has 5 nitrogen and oxygen atoms in total. The molecule has 0 saturated carbocycles. The number of hydrogen-bond donors (Lipinski definition) is 0. The van der Waals surface area contributed by atoms with E-state index < -0.39 is 4.92 Å². The summed E-state index contributed by atoms with van der Waals surface area (Å²) in [7, 11) is 1.61. The van der Waals surface area contributed by atoms with Gasteiger partial charge in [-0.15, -0.1) is 0 Å². The van der Waals surface area contributed by atoms with E-state index in [4.69, 9.17) is 4.74 Å². The Morgan fingerprint density at radius 2 is 1.94 bits per heavy atom. The van der Waals surface area contributed by atoms with Gasteiger partial charge in [0.1, 0.15) is 17.0 Å². The van der Waals surface area contributed by atoms with Crippen LogP contribution in [0.5, 0.6) is 5.75 Å². The molecule has 6 heteroatoms. The fourth-order valence-corrected chi connectivity index (χ4v) is 2.06. The predicted molar refractivity (Wildman–Crippen MR) is 68.0 cm³/mol. The summed E-state index contributed by atoms with van der Waals surface area (Å²) in [4.78, 5) is 15.0. The Hall–Kier alpha value is -2.08. The van der Waals surface area contributed by atoms with Crippen molar-refractivity contribution < 1.29 is 9.66 Å². The Bertz CT molecular complexity index is 540.